The van der Waals surface area contributed by atoms with E-state index in [9.17, 15) is 0 Å². The van der Waals surface area contributed by atoms with E-state index in [-0.39, 0.29) is 0 Å². The summed E-state index contributed by atoms with van der Waals surface area (Å²) >= 11 is 0. The van der Waals surface area contributed by atoms with Gasteiger partial charge in [0.15, 0.2) is 8.07 Å². The van der Waals surface area contributed by atoms with Gasteiger partial charge in [0, 0.05) is 16.5 Å². The Morgan fingerprint density at radius 2 is 0.603 bits per heavy atom. The summed E-state index contributed by atoms with van der Waals surface area (Å²) in [6, 6.07) is 112. The first kappa shape index (κ1) is 44.4. The molecule has 1 aromatic heterocycles. The van der Waals surface area contributed by atoms with Gasteiger partial charge in [-0.2, -0.15) is 0 Å². The summed E-state index contributed by atoms with van der Waals surface area (Å²) in [6.07, 6.45) is 0. The van der Waals surface area contributed by atoms with Gasteiger partial charge >= 0.3 is 0 Å². The van der Waals surface area contributed by atoms with Crippen molar-refractivity contribution in [1.29, 1.82) is 0 Å². The first-order valence-electron chi connectivity index (χ1n) is 27.1. The first-order valence-corrected chi connectivity index (χ1v) is 29.1. The molecule has 0 fully saturated rings. The van der Waals surface area contributed by atoms with Crippen LogP contribution in [0.5, 0.6) is 0 Å². The zero-order valence-corrected chi connectivity index (χ0v) is 43.7. The number of hydrogen-bond donors (Lipinski definition) is 0. The number of rotatable bonds is 7. The van der Waals surface area contributed by atoms with Gasteiger partial charge in [0.05, 0.1) is 11.0 Å². The van der Waals surface area contributed by atoms with Crippen molar-refractivity contribution in [2.45, 2.75) is 0 Å². The molecule has 1 nitrogen and oxygen atoms in total. The van der Waals surface area contributed by atoms with E-state index in [2.05, 4.69) is 302 Å². The lowest BCUT2D eigenvalue weighted by Crippen LogP contribution is -2.72. The molecule has 2 heteroatoms. The third-order valence-corrected chi connectivity index (χ3v) is 21.9. The largest absolute Gasteiger partial charge is 0.309 e. The summed E-state index contributed by atoms with van der Waals surface area (Å²) in [4.78, 5) is 0. The lowest BCUT2D eigenvalue weighted by atomic mass is 9.92. The van der Waals surface area contributed by atoms with E-state index >= 15 is 0 Å². The monoisotopic (exact) mass is 1000 g/mol. The van der Waals surface area contributed by atoms with Crippen LogP contribution < -0.4 is 20.7 Å². The normalized spacial score (nSPS) is 12.7. The zero-order chi connectivity index (χ0) is 51.3. The van der Waals surface area contributed by atoms with Gasteiger partial charge in [-0.25, -0.2) is 0 Å². The molecule has 0 unspecified atom stereocenters. The molecule has 0 aliphatic carbocycles. The van der Waals surface area contributed by atoms with Crippen molar-refractivity contribution in [3.8, 4) is 61.3 Å². The maximum atomic E-state index is 2.57. The Balaban J connectivity index is 0.940. The Bertz CT molecular complexity index is 4670. The number of fused-ring (bicyclic) bond motifs is 12. The van der Waals surface area contributed by atoms with E-state index in [1.54, 1.807) is 0 Å². The Hall–Kier alpha value is -9.86. The number of nitrogens with zero attached hydrogens (tertiary/aromatic N) is 1. The van der Waals surface area contributed by atoms with Crippen LogP contribution in [0.15, 0.2) is 297 Å². The van der Waals surface area contributed by atoms with Crippen LogP contribution in [0.1, 0.15) is 0 Å². The maximum Gasteiger partial charge on any atom is 0.180 e. The van der Waals surface area contributed by atoms with Crippen LogP contribution >= 0.6 is 0 Å². The van der Waals surface area contributed by atoms with E-state index in [4.69, 9.17) is 0 Å². The van der Waals surface area contributed by atoms with E-state index in [1.807, 2.05) is 0 Å². The predicted molar refractivity (Wildman–Crippen MR) is 335 cm³/mol. The van der Waals surface area contributed by atoms with Gasteiger partial charge < -0.3 is 4.57 Å². The van der Waals surface area contributed by atoms with E-state index in [0.29, 0.717) is 0 Å². The van der Waals surface area contributed by atoms with Gasteiger partial charge in [0.1, 0.15) is 0 Å². The van der Waals surface area contributed by atoms with Crippen LogP contribution in [0.3, 0.4) is 0 Å². The number of benzene rings is 14. The second-order valence-electron chi connectivity index (χ2n) is 21.1. The van der Waals surface area contributed by atoms with Crippen LogP contribution in [0.2, 0.25) is 0 Å². The summed E-state index contributed by atoms with van der Waals surface area (Å²) in [6.45, 7) is 0. The summed E-state index contributed by atoms with van der Waals surface area (Å²) in [5, 5.41) is 18.2. The van der Waals surface area contributed by atoms with Gasteiger partial charge in [0.25, 0.3) is 0 Å². The Morgan fingerprint density at radius 3 is 1.13 bits per heavy atom. The maximum absolute atomic E-state index is 2.95. The van der Waals surface area contributed by atoms with Crippen LogP contribution in [0.4, 0.5) is 0 Å². The second kappa shape index (κ2) is 17.6. The summed E-state index contributed by atoms with van der Waals surface area (Å²) in [7, 11) is -2.95. The highest BCUT2D eigenvalue weighted by atomic mass is 28.3. The van der Waals surface area contributed by atoms with E-state index in [1.165, 1.54) is 141 Å². The topological polar surface area (TPSA) is 4.93 Å². The minimum atomic E-state index is -2.95. The first-order chi connectivity index (χ1) is 38.7. The molecule has 0 spiro atoms. The molecule has 15 aromatic rings. The zero-order valence-electron chi connectivity index (χ0n) is 42.7. The molecule has 0 radical (unpaired) electrons. The van der Waals surface area contributed by atoms with Gasteiger partial charge in [-0.05, 0) is 168 Å². The Kier molecular flexibility index (Phi) is 10.0. The third-order valence-electron chi connectivity index (χ3n) is 17.0. The summed E-state index contributed by atoms with van der Waals surface area (Å²) in [5.41, 5.74) is 16.0. The molecule has 362 valence electrons. The predicted octanol–water partition coefficient (Wildman–Crippen LogP) is 17.4. The highest BCUT2D eigenvalue weighted by Crippen LogP contribution is 2.43. The molecule has 0 atom stereocenters. The van der Waals surface area contributed by atoms with Crippen molar-refractivity contribution in [3.05, 3.63) is 297 Å². The molecular weight excluding hydrogens is 955 g/mol. The highest BCUT2D eigenvalue weighted by Gasteiger charge is 2.49. The summed E-state index contributed by atoms with van der Waals surface area (Å²) < 4.78 is 2.55. The Labute approximate surface area is 454 Å². The molecule has 0 saturated carbocycles. The average Bonchev–Trinajstić information content (AvgIpc) is 3.81. The van der Waals surface area contributed by atoms with Crippen molar-refractivity contribution >= 4 is 93.7 Å². The molecule has 78 heavy (non-hydrogen) atoms. The smallest absolute Gasteiger partial charge is 0.180 e. The van der Waals surface area contributed by atoms with Gasteiger partial charge in [-0.3, -0.25) is 0 Å². The second-order valence-corrected chi connectivity index (χ2v) is 24.8. The molecule has 14 aromatic carbocycles. The fraction of sp³-hybridized carbons (Fsp3) is 0. The lowest BCUT2D eigenvalue weighted by molar-refractivity contribution is 1.18. The number of hydrogen-bond acceptors (Lipinski definition) is 0. The van der Waals surface area contributed by atoms with Crippen molar-refractivity contribution < 1.29 is 0 Å². The van der Waals surface area contributed by atoms with Gasteiger partial charge in [-0.1, -0.05) is 249 Å². The molecule has 0 saturated heterocycles. The fourth-order valence-electron chi connectivity index (χ4n) is 13.5. The Morgan fingerprint density at radius 1 is 0.218 bits per heavy atom. The van der Waals surface area contributed by atoms with Crippen LogP contribution in [-0.4, -0.2) is 12.6 Å². The molecule has 0 amide bonds. The van der Waals surface area contributed by atoms with E-state index < -0.39 is 8.07 Å². The minimum Gasteiger partial charge on any atom is -0.309 e. The molecule has 2 heterocycles. The van der Waals surface area contributed by atoms with E-state index in [0.717, 1.165) is 5.69 Å². The molecule has 1 aliphatic heterocycles. The SMILES string of the molecule is c1ccc(-c2ccc(-c3ccc4c(c3)[Si](c3ccccc3)(c3ccccc3)c3cc(-n5c6ccc(-c7cc8ccccc8c8ccccc78)cc6c6cc(-c7cc8ccccc8c8ccccc78)ccc65)ccc3-4)cc2)cc1. The van der Waals surface area contributed by atoms with Crippen LogP contribution in [0, 0.1) is 0 Å². The van der Waals surface area contributed by atoms with Crippen molar-refractivity contribution in [2.75, 3.05) is 0 Å². The molecule has 0 bridgehead atoms. The standard InChI is InChI=1S/C76H49NSi/c1-4-18-50(19-5-1)51-32-34-52(35-33-51)53-36-40-67-68-41-39-58(49-76(68)78(75(67)48-53,59-22-6-2-7-23-59)60-24-8-3-9-25-60)77-73-42-37-56(69-44-54-20-10-12-26-61(54)63-28-14-16-30-65(63)69)46-71(73)72-47-57(38-43-74(72)77)70-45-55-21-11-13-27-62(55)64-29-15-17-31-66(64)70/h1-49H. The van der Waals surface area contributed by atoms with Crippen LogP contribution in [-0.2, 0) is 0 Å². The van der Waals surface area contributed by atoms with Crippen LogP contribution in [0.25, 0.3) is 126 Å². The molecule has 16 rings (SSSR count). The van der Waals surface area contributed by atoms with Gasteiger partial charge in [-0.15, -0.1) is 0 Å². The molecule has 1 aliphatic rings. The summed E-state index contributed by atoms with van der Waals surface area (Å²) in [5.74, 6) is 0. The van der Waals surface area contributed by atoms with Crippen molar-refractivity contribution in [3.63, 3.8) is 0 Å². The van der Waals surface area contributed by atoms with Gasteiger partial charge in [0.2, 0.25) is 0 Å². The lowest BCUT2D eigenvalue weighted by Gasteiger charge is -2.32. The highest BCUT2D eigenvalue weighted by molar-refractivity contribution is 7.22. The molecule has 0 N–H and O–H groups in total. The quantitative estimate of drug-likeness (QED) is 0.111. The average molecular weight is 1000 g/mol. The third kappa shape index (κ3) is 6.73. The minimum absolute atomic E-state index is 1.16. The fourth-order valence-corrected chi connectivity index (χ4v) is 18.7. The molecular formula is C76H49NSi. The van der Waals surface area contributed by atoms with Crippen molar-refractivity contribution in [2.24, 2.45) is 0 Å². The van der Waals surface area contributed by atoms with Crippen molar-refractivity contribution in [1.82, 2.24) is 4.57 Å². The number of aromatic nitrogens is 1.